The topological polar surface area (TPSA) is 34.1 Å². The smallest absolute Gasteiger partial charge is 0.133 e. The van der Waals surface area contributed by atoms with Gasteiger partial charge in [0.25, 0.3) is 0 Å². The third-order valence-corrected chi connectivity index (χ3v) is 1.40. The maximum atomic E-state index is 10.1. The van der Waals surface area contributed by atoms with Crippen molar-refractivity contribution in [2.45, 2.75) is 12.8 Å². The van der Waals surface area contributed by atoms with Crippen LogP contribution in [0.25, 0.3) is 0 Å². The van der Waals surface area contributed by atoms with E-state index in [0.717, 1.165) is 6.42 Å². The second kappa shape index (κ2) is 2.98. The van der Waals surface area contributed by atoms with Crippen LogP contribution in [0.2, 0.25) is 0 Å². The molecule has 0 N–H and O–H groups in total. The van der Waals surface area contributed by atoms with Gasteiger partial charge >= 0.3 is 0 Å². The minimum absolute atomic E-state index is 0.348. The fourth-order valence-electron chi connectivity index (χ4n) is 0.866. The van der Waals surface area contributed by atoms with Crippen LogP contribution in [0, 0.1) is 0 Å². The molecule has 0 radical (unpaired) electrons. The summed E-state index contributed by atoms with van der Waals surface area (Å²) in [6.45, 7) is 0. The van der Waals surface area contributed by atoms with Crippen molar-refractivity contribution in [2.75, 3.05) is 0 Å². The van der Waals surface area contributed by atoms with Gasteiger partial charge in [-0.1, -0.05) is 6.08 Å². The molecule has 0 heterocycles. The zero-order chi connectivity index (χ0) is 7.40. The molecule has 1 aliphatic carbocycles. The molecule has 0 atom stereocenters. The molecule has 1 rings (SSSR count). The summed E-state index contributed by atoms with van der Waals surface area (Å²) in [5, 5.41) is 0. The Morgan fingerprint density at radius 2 is 2.10 bits per heavy atom. The van der Waals surface area contributed by atoms with Crippen LogP contribution < -0.4 is 0 Å². The average molecular weight is 134 g/mol. The van der Waals surface area contributed by atoms with E-state index in [0.29, 0.717) is 17.6 Å². The fourth-order valence-corrected chi connectivity index (χ4v) is 0.866. The second-order valence-corrected chi connectivity index (χ2v) is 2.04. The van der Waals surface area contributed by atoms with E-state index in [1.807, 2.05) is 6.08 Å². The Morgan fingerprint density at radius 3 is 2.60 bits per heavy atom. The van der Waals surface area contributed by atoms with Gasteiger partial charge in [-0.15, -0.1) is 0 Å². The van der Waals surface area contributed by atoms with Gasteiger partial charge in [-0.05, 0) is 18.9 Å². The van der Waals surface area contributed by atoms with E-state index in [9.17, 15) is 9.59 Å². The third-order valence-electron chi connectivity index (χ3n) is 1.40. The maximum Gasteiger partial charge on any atom is 0.133 e. The van der Waals surface area contributed by atoms with E-state index in [1.165, 1.54) is 0 Å². The molecule has 0 bridgehead atoms. The number of hydrogen-bond donors (Lipinski definition) is 0. The molecule has 0 saturated heterocycles. The van der Waals surface area contributed by atoms with Gasteiger partial charge in [0, 0.05) is 0 Å². The zero-order valence-electron chi connectivity index (χ0n) is 5.39. The van der Waals surface area contributed by atoms with E-state index in [-0.39, 0.29) is 0 Å². The monoisotopic (exact) mass is 134 g/mol. The third kappa shape index (κ3) is 1.14. The van der Waals surface area contributed by atoms with Crippen molar-refractivity contribution in [1.29, 1.82) is 0 Å². The van der Waals surface area contributed by atoms with E-state index in [4.69, 9.17) is 0 Å². The van der Waals surface area contributed by atoms with Crippen molar-refractivity contribution < 1.29 is 9.59 Å². The molecule has 0 spiro atoms. The molecular formula is C8H6O2. The van der Waals surface area contributed by atoms with E-state index < -0.39 is 0 Å². The van der Waals surface area contributed by atoms with Crippen molar-refractivity contribution >= 4 is 11.9 Å². The number of hydrogen-bond acceptors (Lipinski definition) is 2. The first-order chi connectivity index (χ1) is 4.88. The van der Waals surface area contributed by atoms with E-state index in [2.05, 4.69) is 0 Å². The normalized spacial score (nSPS) is 16.4. The highest BCUT2D eigenvalue weighted by Crippen LogP contribution is 2.17. The van der Waals surface area contributed by atoms with Crippen molar-refractivity contribution in [3.05, 3.63) is 23.3 Å². The van der Waals surface area contributed by atoms with Gasteiger partial charge in [0.15, 0.2) is 0 Å². The lowest BCUT2D eigenvalue weighted by molar-refractivity contribution is 0.563. The van der Waals surface area contributed by atoms with E-state index >= 15 is 0 Å². The minimum atomic E-state index is 0.348. The van der Waals surface area contributed by atoms with Crippen molar-refractivity contribution in [3.8, 4) is 0 Å². The summed E-state index contributed by atoms with van der Waals surface area (Å²) in [5.41, 5.74) is 0.791. The lowest BCUT2D eigenvalue weighted by atomic mass is 9.98. The predicted molar refractivity (Wildman–Crippen MR) is 36.8 cm³/mol. The Hall–Kier alpha value is -1.36. The first kappa shape index (κ1) is 6.76. The van der Waals surface area contributed by atoms with Gasteiger partial charge in [-0.3, -0.25) is 0 Å². The van der Waals surface area contributed by atoms with Crippen LogP contribution in [-0.2, 0) is 9.59 Å². The summed E-state index contributed by atoms with van der Waals surface area (Å²) < 4.78 is 0. The molecule has 0 aromatic carbocycles. The lowest BCUT2D eigenvalue weighted by Gasteiger charge is -2.02. The van der Waals surface area contributed by atoms with Crippen LogP contribution in [-0.4, -0.2) is 11.9 Å². The molecule has 0 unspecified atom stereocenters. The molecule has 50 valence electrons. The molecule has 0 amide bonds. The van der Waals surface area contributed by atoms with Gasteiger partial charge in [-0.2, -0.15) is 0 Å². The highest BCUT2D eigenvalue weighted by atomic mass is 16.1. The Balaban J connectivity index is 3.09. The summed E-state index contributed by atoms with van der Waals surface area (Å²) in [5.74, 6) is 3.41. The SMILES string of the molecule is O=C=C1C=CCCC1=C=O. The van der Waals surface area contributed by atoms with Crippen molar-refractivity contribution in [3.63, 3.8) is 0 Å². The molecule has 0 aliphatic heterocycles. The summed E-state index contributed by atoms with van der Waals surface area (Å²) in [6.07, 6.45) is 4.89. The summed E-state index contributed by atoms with van der Waals surface area (Å²) in [6, 6.07) is 0. The van der Waals surface area contributed by atoms with Gasteiger partial charge in [0.05, 0.1) is 11.1 Å². The molecule has 2 heteroatoms. The maximum absolute atomic E-state index is 10.1. The van der Waals surface area contributed by atoms with Crippen molar-refractivity contribution in [2.24, 2.45) is 0 Å². The van der Waals surface area contributed by atoms with Crippen LogP contribution in [0.1, 0.15) is 12.8 Å². The Kier molecular flexibility index (Phi) is 2.01. The average Bonchev–Trinajstić information content (AvgIpc) is 2.04. The molecule has 0 saturated carbocycles. The number of allylic oxidation sites excluding steroid dienone is 4. The Labute approximate surface area is 58.5 Å². The molecular weight excluding hydrogens is 128 g/mol. The van der Waals surface area contributed by atoms with Gasteiger partial charge in [0.1, 0.15) is 11.9 Å². The fraction of sp³-hybridized carbons (Fsp3) is 0.250. The highest BCUT2D eigenvalue weighted by molar-refractivity contribution is 5.75. The summed E-state index contributed by atoms with van der Waals surface area (Å²) in [7, 11) is 0. The zero-order valence-corrected chi connectivity index (χ0v) is 5.39. The molecule has 1 aliphatic rings. The van der Waals surface area contributed by atoms with Crippen LogP contribution in [0.5, 0.6) is 0 Å². The predicted octanol–water partition coefficient (Wildman–Crippen LogP) is 0.852. The van der Waals surface area contributed by atoms with E-state index in [1.54, 1.807) is 18.0 Å². The number of carbonyl (C=O) groups excluding carboxylic acids is 2. The molecule has 0 aromatic rings. The van der Waals surface area contributed by atoms with Crippen LogP contribution >= 0.6 is 0 Å². The summed E-state index contributed by atoms with van der Waals surface area (Å²) >= 11 is 0. The quantitative estimate of drug-likeness (QED) is 0.460. The first-order valence-electron chi connectivity index (χ1n) is 3.04. The second-order valence-electron chi connectivity index (χ2n) is 2.04. The minimum Gasteiger partial charge on any atom is -0.233 e. The van der Waals surface area contributed by atoms with Crippen LogP contribution in [0.15, 0.2) is 23.3 Å². The Bertz CT molecular complexity index is 261. The van der Waals surface area contributed by atoms with Crippen LogP contribution in [0.3, 0.4) is 0 Å². The largest absolute Gasteiger partial charge is 0.233 e. The number of rotatable bonds is 0. The highest BCUT2D eigenvalue weighted by Gasteiger charge is 2.07. The first-order valence-corrected chi connectivity index (χ1v) is 3.04. The Morgan fingerprint density at radius 1 is 1.30 bits per heavy atom. The van der Waals surface area contributed by atoms with Gasteiger partial charge in [-0.25, -0.2) is 9.59 Å². The lowest BCUT2D eigenvalue weighted by Crippen LogP contribution is -1.93. The van der Waals surface area contributed by atoms with Gasteiger partial charge in [0.2, 0.25) is 0 Å². The van der Waals surface area contributed by atoms with Crippen molar-refractivity contribution in [1.82, 2.24) is 0 Å². The molecule has 10 heavy (non-hydrogen) atoms. The molecule has 0 fully saturated rings. The van der Waals surface area contributed by atoms with Gasteiger partial charge < -0.3 is 0 Å². The molecule has 0 aromatic heterocycles. The van der Waals surface area contributed by atoms with Crippen LogP contribution in [0.4, 0.5) is 0 Å². The standard InChI is InChI=1S/C8H6O2/c9-5-7-3-1-2-4-8(7)6-10/h1,3H,2,4H2. The summed E-state index contributed by atoms with van der Waals surface area (Å²) in [4.78, 5) is 20.2. The molecule has 2 nitrogen and oxygen atoms in total.